The van der Waals surface area contributed by atoms with Crippen LogP contribution in [0.1, 0.15) is 22.8 Å². The second-order valence-electron chi connectivity index (χ2n) is 6.25. The molecule has 1 atom stereocenters. The van der Waals surface area contributed by atoms with E-state index in [-0.39, 0.29) is 11.8 Å². The fourth-order valence-corrected chi connectivity index (χ4v) is 2.47. The highest BCUT2D eigenvalue weighted by molar-refractivity contribution is 6.01. The number of amides is 1. The van der Waals surface area contributed by atoms with E-state index in [1.54, 1.807) is 12.1 Å². The van der Waals surface area contributed by atoms with Gasteiger partial charge in [0.1, 0.15) is 0 Å². The Bertz CT molecular complexity index is 721. The Balaban J connectivity index is 2.15. The summed E-state index contributed by atoms with van der Waals surface area (Å²) in [5.74, 6) is -0.0192. The first-order valence-corrected chi connectivity index (χ1v) is 8.37. The van der Waals surface area contributed by atoms with Crippen molar-refractivity contribution in [1.82, 2.24) is 10.3 Å². The van der Waals surface area contributed by atoms with E-state index in [2.05, 4.69) is 22.4 Å². The Labute approximate surface area is 149 Å². The molecule has 1 amide bonds. The largest absolute Gasteiger partial charge is 0.309 e. The average Bonchev–Trinajstić information content (AvgIpc) is 2.62. The number of hydrogen-bond donors (Lipinski definition) is 1. The van der Waals surface area contributed by atoms with E-state index in [1.807, 2.05) is 74.8 Å². The minimum atomic E-state index is -0.205. The maximum atomic E-state index is 12.2. The van der Waals surface area contributed by atoms with Crippen molar-refractivity contribution in [3.8, 4) is 0 Å². The van der Waals surface area contributed by atoms with Crippen molar-refractivity contribution in [3.63, 3.8) is 0 Å². The molecule has 130 valence electrons. The molecule has 4 heteroatoms. The number of nitrogens with zero attached hydrogens (tertiary/aromatic N) is 2. The third kappa shape index (κ3) is 6.36. The Hall–Kier alpha value is -2.72. The SMILES string of the molecule is CC(CN(C)C)C(C=Cc1ccccc1)=NNC(=O)c1ccccc1. The predicted octanol–water partition coefficient (Wildman–Crippen LogP) is 3.68. The molecule has 0 spiro atoms. The topological polar surface area (TPSA) is 44.7 Å². The Morgan fingerprint density at radius 1 is 1.08 bits per heavy atom. The molecule has 0 fully saturated rings. The first-order chi connectivity index (χ1) is 12.1. The van der Waals surface area contributed by atoms with E-state index in [1.165, 1.54) is 0 Å². The molecule has 2 aromatic rings. The summed E-state index contributed by atoms with van der Waals surface area (Å²) < 4.78 is 0. The van der Waals surface area contributed by atoms with Crippen LogP contribution in [0.3, 0.4) is 0 Å². The molecule has 0 saturated heterocycles. The average molecular weight is 335 g/mol. The fraction of sp³-hybridized carbons (Fsp3) is 0.238. The molecule has 0 saturated carbocycles. The summed E-state index contributed by atoms with van der Waals surface area (Å²) in [6, 6.07) is 19.1. The number of benzene rings is 2. The number of rotatable bonds is 7. The standard InChI is InChI=1S/C21H25N3O/c1-17(16-24(2)3)20(15-14-18-10-6-4-7-11-18)22-23-21(25)19-12-8-5-9-13-19/h4-15,17H,16H2,1-3H3,(H,23,25). The van der Waals surface area contributed by atoms with Gasteiger partial charge >= 0.3 is 0 Å². The van der Waals surface area contributed by atoms with E-state index in [9.17, 15) is 4.79 Å². The zero-order valence-electron chi connectivity index (χ0n) is 15.0. The van der Waals surface area contributed by atoms with Crippen LogP contribution in [-0.2, 0) is 0 Å². The van der Waals surface area contributed by atoms with E-state index in [0.717, 1.165) is 17.8 Å². The van der Waals surface area contributed by atoms with E-state index < -0.39 is 0 Å². The van der Waals surface area contributed by atoms with Gasteiger partial charge in [-0.3, -0.25) is 4.79 Å². The maximum Gasteiger partial charge on any atom is 0.271 e. The van der Waals surface area contributed by atoms with Crippen molar-refractivity contribution >= 4 is 17.7 Å². The molecule has 25 heavy (non-hydrogen) atoms. The maximum absolute atomic E-state index is 12.2. The minimum Gasteiger partial charge on any atom is -0.309 e. The number of hydrogen-bond acceptors (Lipinski definition) is 3. The van der Waals surface area contributed by atoms with Gasteiger partial charge in [-0.2, -0.15) is 5.10 Å². The predicted molar refractivity (Wildman–Crippen MR) is 105 cm³/mol. The van der Waals surface area contributed by atoms with Gasteiger partial charge in [0.25, 0.3) is 5.91 Å². The van der Waals surface area contributed by atoms with Gasteiger partial charge in [0, 0.05) is 18.0 Å². The van der Waals surface area contributed by atoms with Crippen LogP contribution in [0, 0.1) is 5.92 Å². The van der Waals surface area contributed by atoms with Crippen LogP contribution in [0.2, 0.25) is 0 Å². The zero-order chi connectivity index (χ0) is 18.1. The molecule has 0 aliphatic carbocycles. The first-order valence-electron chi connectivity index (χ1n) is 8.37. The van der Waals surface area contributed by atoms with Gasteiger partial charge in [-0.25, -0.2) is 5.43 Å². The van der Waals surface area contributed by atoms with Crippen molar-refractivity contribution in [1.29, 1.82) is 0 Å². The normalized spacial score (nSPS) is 13.2. The Morgan fingerprint density at radius 3 is 2.28 bits per heavy atom. The molecule has 0 bridgehead atoms. The van der Waals surface area contributed by atoms with Crippen molar-refractivity contribution in [3.05, 3.63) is 77.9 Å². The van der Waals surface area contributed by atoms with Gasteiger partial charge in [0.2, 0.25) is 0 Å². The highest BCUT2D eigenvalue weighted by atomic mass is 16.2. The van der Waals surface area contributed by atoms with E-state index >= 15 is 0 Å². The molecule has 0 aliphatic heterocycles. The second-order valence-corrected chi connectivity index (χ2v) is 6.25. The molecule has 0 aliphatic rings. The number of carbonyl (C=O) groups excluding carboxylic acids is 1. The number of allylic oxidation sites excluding steroid dienone is 1. The molecule has 0 heterocycles. The lowest BCUT2D eigenvalue weighted by atomic mass is 10.0. The van der Waals surface area contributed by atoms with E-state index in [0.29, 0.717) is 5.56 Å². The van der Waals surface area contributed by atoms with Crippen molar-refractivity contribution in [2.75, 3.05) is 20.6 Å². The third-order valence-corrected chi connectivity index (χ3v) is 3.71. The molecule has 4 nitrogen and oxygen atoms in total. The van der Waals surface area contributed by atoms with Crippen LogP contribution in [0.25, 0.3) is 6.08 Å². The summed E-state index contributed by atoms with van der Waals surface area (Å²) in [6.07, 6.45) is 3.98. The molecule has 1 N–H and O–H groups in total. The fourth-order valence-electron chi connectivity index (χ4n) is 2.47. The molecule has 1 unspecified atom stereocenters. The lowest BCUT2D eigenvalue weighted by Crippen LogP contribution is -2.27. The Kier molecular flexibility index (Phi) is 7.11. The Morgan fingerprint density at radius 2 is 1.68 bits per heavy atom. The monoisotopic (exact) mass is 335 g/mol. The van der Waals surface area contributed by atoms with Crippen LogP contribution in [-0.4, -0.2) is 37.2 Å². The van der Waals surface area contributed by atoms with Crippen LogP contribution < -0.4 is 5.43 Å². The molecular formula is C21H25N3O. The summed E-state index contributed by atoms with van der Waals surface area (Å²) in [4.78, 5) is 14.3. The number of carbonyl (C=O) groups is 1. The smallest absolute Gasteiger partial charge is 0.271 e. The summed E-state index contributed by atoms with van der Waals surface area (Å²) in [5, 5.41) is 4.37. The summed E-state index contributed by atoms with van der Waals surface area (Å²) in [6.45, 7) is 2.95. The minimum absolute atomic E-state index is 0.186. The molecule has 2 aromatic carbocycles. The van der Waals surface area contributed by atoms with Crippen LogP contribution in [0.15, 0.2) is 71.8 Å². The lowest BCUT2D eigenvalue weighted by Gasteiger charge is -2.17. The van der Waals surface area contributed by atoms with Gasteiger partial charge in [0.05, 0.1) is 5.71 Å². The molecular weight excluding hydrogens is 310 g/mol. The lowest BCUT2D eigenvalue weighted by molar-refractivity contribution is 0.0954. The number of nitrogens with one attached hydrogen (secondary N) is 1. The highest BCUT2D eigenvalue weighted by Crippen LogP contribution is 2.07. The third-order valence-electron chi connectivity index (χ3n) is 3.71. The summed E-state index contributed by atoms with van der Waals surface area (Å²) >= 11 is 0. The van der Waals surface area contributed by atoms with Gasteiger partial charge in [-0.1, -0.05) is 61.5 Å². The molecule has 0 aromatic heterocycles. The molecule has 0 radical (unpaired) electrons. The summed E-state index contributed by atoms with van der Waals surface area (Å²) in [7, 11) is 4.05. The highest BCUT2D eigenvalue weighted by Gasteiger charge is 2.11. The zero-order valence-corrected chi connectivity index (χ0v) is 15.0. The molecule has 2 rings (SSSR count). The van der Waals surface area contributed by atoms with Gasteiger partial charge in [-0.05, 0) is 37.9 Å². The van der Waals surface area contributed by atoms with Crippen molar-refractivity contribution < 1.29 is 4.79 Å². The van der Waals surface area contributed by atoms with Crippen LogP contribution in [0.4, 0.5) is 0 Å². The second kappa shape index (κ2) is 9.55. The van der Waals surface area contributed by atoms with Crippen molar-refractivity contribution in [2.24, 2.45) is 11.0 Å². The quantitative estimate of drug-likeness (QED) is 0.619. The van der Waals surface area contributed by atoms with Gasteiger partial charge in [0.15, 0.2) is 0 Å². The van der Waals surface area contributed by atoms with Gasteiger partial charge < -0.3 is 4.90 Å². The van der Waals surface area contributed by atoms with Crippen LogP contribution >= 0.6 is 0 Å². The number of hydrazone groups is 1. The van der Waals surface area contributed by atoms with Crippen LogP contribution in [0.5, 0.6) is 0 Å². The van der Waals surface area contributed by atoms with Gasteiger partial charge in [-0.15, -0.1) is 0 Å². The van der Waals surface area contributed by atoms with Crippen molar-refractivity contribution in [2.45, 2.75) is 6.92 Å². The summed E-state index contributed by atoms with van der Waals surface area (Å²) in [5.41, 5.74) is 5.20. The first kappa shape index (κ1) is 18.6. The van der Waals surface area contributed by atoms with E-state index in [4.69, 9.17) is 0 Å².